The van der Waals surface area contributed by atoms with Crippen molar-refractivity contribution in [1.29, 1.82) is 0 Å². The number of rotatable bonds is 7. The Bertz CT molecular complexity index is 1220. The number of phenols is 2. The van der Waals surface area contributed by atoms with Gasteiger partial charge in [-0.15, -0.1) is 0 Å². The molecule has 4 rings (SSSR count). The van der Waals surface area contributed by atoms with Crippen LogP contribution in [0.1, 0.15) is 0 Å². The summed E-state index contributed by atoms with van der Waals surface area (Å²) in [5, 5.41) is 61.3. The van der Waals surface area contributed by atoms with Crippen LogP contribution in [0.4, 0.5) is 0 Å². The number of phenolic OH excluding ortho intramolecular Hbond substituents is 2. The molecule has 3 aromatic rings. The molecule has 2 aromatic carbocycles. The fourth-order valence-corrected chi connectivity index (χ4v) is 3.89. The highest BCUT2D eigenvalue weighted by molar-refractivity contribution is 5.89. The van der Waals surface area contributed by atoms with Crippen molar-refractivity contribution >= 4 is 11.0 Å². The first-order chi connectivity index (χ1) is 17.2. The summed E-state index contributed by atoms with van der Waals surface area (Å²) in [5.41, 5.74) is 0.513. The van der Waals surface area contributed by atoms with Crippen molar-refractivity contribution in [2.24, 2.45) is 0 Å². The first kappa shape index (κ1) is 25.5. The maximum atomic E-state index is 10.5. The van der Waals surface area contributed by atoms with E-state index in [0.29, 0.717) is 11.3 Å². The van der Waals surface area contributed by atoms with Crippen molar-refractivity contribution in [3.05, 3.63) is 30.3 Å². The number of benzene rings is 2. The Morgan fingerprint density at radius 2 is 1.50 bits per heavy atom. The lowest BCUT2D eigenvalue weighted by Crippen LogP contribution is -2.60. The van der Waals surface area contributed by atoms with Gasteiger partial charge in [-0.3, -0.25) is 0 Å². The van der Waals surface area contributed by atoms with E-state index >= 15 is 0 Å². The van der Waals surface area contributed by atoms with Gasteiger partial charge in [0.2, 0.25) is 17.8 Å². The lowest BCUT2D eigenvalue weighted by atomic mass is 9.99. The number of ether oxygens (including phenoxy) is 5. The Morgan fingerprint density at radius 1 is 0.833 bits per heavy atom. The van der Waals surface area contributed by atoms with E-state index in [0.717, 1.165) is 0 Å². The highest BCUT2D eigenvalue weighted by Gasteiger charge is 2.45. The number of hydrogen-bond acceptors (Lipinski definition) is 11. The van der Waals surface area contributed by atoms with Crippen LogP contribution < -0.4 is 18.9 Å². The molecule has 1 aliphatic heterocycles. The average Bonchev–Trinajstić information content (AvgIpc) is 2.88. The van der Waals surface area contributed by atoms with Crippen LogP contribution in [0.15, 0.2) is 34.7 Å². The van der Waals surface area contributed by atoms with E-state index in [1.807, 2.05) is 0 Å². The van der Waals surface area contributed by atoms with Crippen LogP contribution in [0.2, 0.25) is 0 Å². The zero-order valence-corrected chi connectivity index (χ0v) is 19.6. The van der Waals surface area contributed by atoms with Gasteiger partial charge in [0.1, 0.15) is 41.3 Å². The SMILES string of the molecule is COc1cc(O)c2cc(O[C@@H]3O[C@H](CO)[C@@H](O)[C@H](O)[C@@H]3O)c(-c3cc(OC)c(O)c(OC)c3)[o+]c2c1. The summed E-state index contributed by atoms with van der Waals surface area (Å²) in [5.74, 6) is -0.0118. The van der Waals surface area contributed by atoms with Gasteiger partial charge in [-0.2, -0.15) is 0 Å². The molecule has 12 nitrogen and oxygen atoms in total. The molecule has 0 radical (unpaired) electrons. The fourth-order valence-electron chi connectivity index (χ4n) is 3.89. The molecule has 1 fully saturated rings. The molecule has 6 N–H and O–H groups in total. The van der Waals surface area contributed by atoms with Crippen molar-refractivity contribution in [1.82, 2.24) is 0 Å². The van der Waals surface area contributed by atoms with Gasteiger partial charge in [0.05, 0.1) is 39.6 Å². The number of hydrogen-bond donors (Lipinski definition) is 6. The topological polar surface area (TPSA) is 179 Å². The highest BCUT2D eigenvalue weighted by atomic mass is 16.7. The molecule has 0 saturated carbocycles. The minimum atomic E-state index is -1.69. The molecule has 5 atom stereocenters. The Kier molecular flexibility index (Phi) is 7.24. The summed E-state index contributed by atoms with van der Waals surface area (Å²) in [7, 11) is 4.13. The first-order valence-electron chi connectivity index (χ1n) is 10.8. The van der Waals surface area contributed by atoms with E-state index in [2.05, 4.69) is 0 Å². The maximum Gasteiger partial charge on any atom is 0.402 e. The van der Waals surface area contributed by atoms with Gasteiger partial charge in [0, 0.05) is 24.3 Å². The number of fused-ring (bicyclic) bond motifs is 1. The van der Waals surface area contributed by atoms with E-state index in [9.17, 15) is 30.6 Å². The second kappa shape index (κ2) is 10.2. The van der Waals surface area contributed by atoms with Crippen LogP contribution >= 0.6 is 0 Å². The van der Waals surface area contributed by atoms with Crippen molar-refractivity contribution in [2.45, 2.75) is 30.7 Å². The Labute approximate surface area is 205 Å². The summed E-state index contributed by atoms with van der Waals surface area (Å²) in [6.45, 7) is -0.646. The molecule has 1 aromatic heterocycles. The van der Waals surface area contributed by atoms with Gasteiger partial charge in [-0.25, -0.2) is 4.42 Å². The summed E-state index contributed by atoms with van der Waals surface area (Å²) >= 11 is 0. The molecule has 194 valence electrons. The van der Waals surface area contributed by atoms with Crippen molar-refractivity contribution in [3.63, 3.8) is 0 Å². The molecular weight excluding hydrogens is 480 g/mol. The van der Waals surface area contributed by atoms with E-state index in [-0.39, 0.29) is 45.5 Å². The van der Waals surface area contributed by atoms with Crippen LogP contribution in [-0.2, 0) is 4.74 Å². The molecule has 0 amide bonds. The summed E-state index contributed by atoms with van der Waals surface area (Å²) < 4.78 is 33.0. The summed E-state index contributed by atoms with van der Waals surface area (Å²) in [4.78, 5) is 0. The van der Waals surface area contributed by atoms with E-state index in [1.54, 1.807) is 0 Å². The predicted octanol–water partition coefficient (Wildman–Crippen LogP) is 0.997. The lowest BCUT2D eigenvalue weighted by Gasteiger charge is -2.39. The monoisotopic (exact) mass is 507 g/mol. The number of aliphatic hydroxyl groups is 4. The Morgan fingerprint density at radius 3 is 2.08 bits per heavy atom. The third-order valence-electron chi connectivity index (χ3n) is 5.87. The largest absolute Gasteiger partial charge is 0.507 e. The highest BCUT2D eigenvalue weighted by Crippen LogP contribution is 2.45. The van der Waals surface area contributed by atoms with Crippen LogP contribution in [0.25, 0.3) is 22.3 Å². The van der Waals surface area contributed by atoms with Gasteiger partial charge in [-0.05, 0) is 0 Å². The third kappa shape index (κ3) is 4.52. The molecule has 1 saturated heterocycles. The fraction of sp³-hybridized carbons (Fsp3) is 0.375. The van der Waals surface area contributed by atoms with E-state index < -0.39 is 37.3 Å². The second-order valence-corrected chi connectivity index (χ2v) is 8.04. The number of methoxy groups -OCH3 is 3. The van der Waals surface area contributed by atoms with Gasteiger partial charge in [0.15, 0.2) is 11.5 Å². The smallest absolute Gasteiger partial charge is 0.402 e. The Hall–Kier alpha value is -3.55. The molecule has 12 heteroatoms. The van der Waals surface area contributed by atoms with Gasteiger partial charge < -0.3 is 54.3 Å². The van der Waals surface area contributed by atoms with Crippen molar-refractivity contribution in [2.75, 3.05) is 27.9 Å². The Balaban J connectivity index is 1.90. The van der Waals surface area contributed by atoms with Crippen molar-refractivity contribution < 1.29 is 58.7 Å². The molecule has 0 bridgehead atoms. The van der Waals surface area contributed by atoms with Gasteiger partial charge in [0.25, 0.3) is 0 Å². The molecule has 36 heavy (non-hydrogen) atoms. The summed E-state index contributed by atoms with van der Waals surface area (Å²) in [6, 6.07) is 7.20. The first-order valence-corrected chi connectivity index (χ1v) is 10.8. The number of aliphatic hydroxyl groups excluding tert-OH is 4. The molecular formula is C24H27O12+. The van der Waals surface area contributed by atoms with Crippen LogP contribution in [0, 0.1) is 0 Å². The van der Waals surface area contributed by atoms with Crippen molar-refractivity contribution in [3.8, 4) is 45.8 Å². The quantitative estimate of drug-likeness (QED) is 0.250. The zero-order valence-electron chi connectivity index (χ0n) is 19.6. The molecule has 2 heterocycles. The zero-order chi connectivity index (χ0) is 26.1. The van der Waals surface area contributed by atoms with Gasteiger partial charge in [-0.1, -0.05) is 0 Å². The van der Waals surface area contributed by atoms with Crippen LogP contribution in [0.3, 0.4) is 0 Å². The third-order valence-corrected chi connectivity index (χ3v) is 5.87. The normalized spacial score (nSPS) is 23.9. The van der Waals surface area contributed by atoms with Gasteiger partial charge >= 0.3 is 11.3 Å². The second-order valence-electron chi connectivity index (χ2n) is 8.04. The van der Waals surface area contributed by atoms with E-state index in [1.165, 1.54) is 51.7 Å². The molecule has 1 aliphatic rings. The van der Waals surface area contributed by atoms with Crippen LogP contribution in [-0.4, -0.2) is 89.3 Å². The molecule has 0 unspecified atom stereocenters. The maximum absolute atomic E-state index is 10.5. The van der Waals surface area contributed by atoms with E-state index in [4.69, 9.17) is 28.1 Å². The summed E-state index contributed by atoms with van der Waals surface area (Å²) in [6.07, 6.45) is -7.69. The minimum absolute atomic E-state index is 0.0451. The minimum Gasteiger partial charge on any atom is -0.507 e. The predicted molar refractivity (Wildman–Crippen MR) is 123 cm³/mol. The average molecular weight is 507 g/mol. The van der Waals surface area contributed by atoms with Crippen LogP contribution in [0.5, 0.6) is 34.5 Å². The molecule has 0 spiro atoms. The number of aromatic hydroxyl groups is 2. The lowest BCUT2D eigenvalue weighted by molar-refractivity contribution is -0.277. The standard InChI is InChI=1S/C24H26O12/c1-31-11-6-13(26)12-8-17(35-24-22(30)21(29)20(28)18(9-25)36-24)23(34-14(12)7-11)10-4-15(32-2)19(27)16(5-10)33-3/h4-8,18,20-22,24-25,28-30H,9H2,1-3H3,(H-,26,27)/p+1/t18-,20-,21+,22+,24-/m1/s1. The molecule has 0 aliphatic carbocycles.